The highest BCUT2D eigenvalue weighted by Crippen LogP contribution is 2.24. The van der Waals surface area contributed by atoms with E-state index in [1.807, 2.05) is 11.8 Å². The molecule has 1 heterocycles. The predicted octanol–water partition coefficient (Wildman–Crippen LogP) is 2.43. The van der Waals surface area contributed by atoms with E-state index < -0.39 is 0 Å². The second-order valence-corrected chi connectivity index (χ2v) is 3.55. The first-order valence-electron chi connectivity index (χ1n) is 5.42. The van der Waals surface area contributed by atoms with Gasteiger partial charge >= 0.3 is 6.01 Å². The molecule has 0 saturated carbocycles. The Hall–Kier alpha value is -1.88. The minimum Gasteiger partial charge on any atom is -0.431 e. The Bertz CT molecular complexity index is 481. The smallest absolute Gasteiger partial charge is 0.302 e. The fourth-order valence-electron chi connectivity index (χ4n) is 1.56. The fourth-order valence-corrected chi connectivity index (χ4v) is 1.56. The second-order valence-electron chi connectivity index (χ2n) is 3.55. The van der Waals surface area contributed by atoms with Crippen LogP contribution in [0.4, 0.5) is 16.1 Å². The van der Waals surface area contributed by atoms with Crippen LogP contribution in [0.15, 0.2) is 34.9 Å². The van der Waals surface area contributed by atoms with Gasteiger partial charge in [0.05, 0.1) is 5.69 Å². The Kier molecular flexibility index (Phi) is 3.39. The fraction of sp³-hybridized carbons (Fsp3) is 0.250. The molecule has 17 heavy (non-hydrogen) atoms. The van der Waals surface area contributed by atoms with E-state index in [-0.39, 0.29) is 5.82 Å². The molecule has 2 N–H and O–H groups in total. The van der Waals surface area contributed by atoms with Crippen molar-refractivity contribution in [3.8, 4) is 0 Å². The van der Waals surface area contributed by atoms with Crippen LogP contribution in [0.5, 0.6) is 0 Å². The lowest BCUT2D eigenvalue weighted by molar-refractivity contribution is 0.553. The first-order valence-corrected chi connectivity index (χ1v) is 5.42. The second kappa shape index (κ2) is 4.97. The zero-order valence-corrected chi connectivity index (χ0v) is 9.56. The summed E-state index contributed by atoms with van der Waals surface area (Å²) in [6.07, 6.45) is 1.53. The van der Waals surface area contributed by atoms with E-state index in [4.69, 9.17) is 10.2 Å². The van der Waals surface area contributed by atoms with E-state index in [0.29, 0.717) is 24.8 Å². The molecular weight excluding hydrogens is 221 g/mol. The lowest BCUT2D eigenvalue weighted by atomic mass is 10.3. The Morgan fingerprint density at radius 3 is 2.59 bits per heavy atom. The summed E-state index contributed by atoms with van der Waals surface area (Å²) in [5.41, 5.74) is 7.00. The van der Waals surface area contributed by atoms with E-state index in [1.165, 1.54) is 18.4 Å². The van der Waals surface area contributed by atoms with Gasteiger partial charge in [-0.3, -0.25) is 4.90 Å². The Morgan fingerprint density at radius 1 is 1.35 bits per heavy atom. The topological polar surface area (TPSA) is 55.3 Å². The Morgan fingerprint density at radius 2 is 2.06 bits per heavy atom. The van der Waals surface area contributed by atoms with Gasteiger partial charge in [0.1, 0.15) is 12.1 Å². The quantitative estimate of drug-likeness (QED) is 0.884. The van der Waals surface area contributed by atoms with Gasteiger partial charge in [0, 0.05) is 18.8 Å². The molecule has 0 saturated heterocycles. The summed E-state index contributed by atoms with van der Waals surface area (Å²) in [6.45, 7) is 2.98. The monoisotopic (exact) mass is 235 g/mol. The van der Waals surface area contributed by atoms with Crippen LogP contribution in [0.3, 0.4) is 0 Å². The van der Waals surface area contributed by atoms with E-state index in [0.717, 1.165) is 5.69 Å². The third-order valence-electron chi connectivity index (χ3n) is 2.43. The third-order valence-corrected chi connectivity index (χ3v) is 2.43. The minimum absolute atomic E-state index is 0.264. The maximum Gasteiger partial charge on any atom is 0.302 e. The lowest BCUT2D eigenvalue weighted by Crippen LogP contribution is -2.16. The number of hydrogen-bond acceptors (Lipinski definition) is 4. The van der Waals surface area contributed by atoms with Gasteiger partial charge < -0.3 is 10.2 Å². The molecule has 0 atom stereocenters. The largest absolute Gasteiger partial charge is 0.431 e. The molecule has 5 heteroatoms. The van der Waals surface area contributed by atoms with Gasteiger partial charge in [0.2, 0.25) is 0 Å². The summed E-state index contributed by atoms with van der Waals surface area (Å²) in [5, 5.41) is 0. The normalized spacial score (nSPS) is 10.5. The number of aromatic nitrogens is 1. The average Bonchev–Trinajstić information content (AvgIpc) is 2.81. The molecule has 0 fully saturated rings. The van der Waals surface area contributed by atoms with Crippen LogP contribution in [-0.4, -0.2) is 11.5 Å². The van der Waals surface area contributed by atoms with Crippen molar-refractivity contribution in [2.75, 3.05) is 11.4 Å². The first kappa shape index (κ1) is 11.6. The van der Waals surface area contributed by atoms with Crippen molar-refractivity contribution in [2.45, 2.75) is 13.5 Å². The number of oxazole rings is 1. The highest BCUT2D eigenvalue weighted by molar-refractivity contribution is 5.55. The van der Waals surface area contributed by atoms with Crippen molar-refractivity contribution in [2.24, 2.45) is 5.73 Å². The van der Waals surface area contributed by atoms with Crippen molar-refractivity contribution in [3.63, 3.8) is 0 Å². The van der Waals surface area contributed by atoms with E-state index >= 15 is 0 Å². The van der Waals surface area contributed by atoms with Crippen molar-refractivity contribution in [3.05, 3.63) is 42.0 Å². The van der Waals surface area contributed by atoms with Gasteiger partial charge in [-0.25, -0.2) is 4.39 Å². The van der Waals surface area contributed by atoms with Gasteiger partial charge in [-0.2, -0.15) is 4.98 Å². The van der Waals surface area contributed by atoms with Gasteiger partial charge in [-0.05, 0) is 31.2 Å². The van der Waals surface area contributed by atoms with E-state index in [1.54, 1.807) is 12.1 Å². The zero-order chi connectivity index (χ0) is 12.3. The van der Waals surface area contributed by atoms with Crippen molar-refractivity contribution < 1.29 is 8.81 Å². The SMILES string of the molecule is CCN(c1ccc(F)cc1)c1nc(CN)co1. The van der Waals surface area contributed by atoms with Crippen molar-refractivity contribution in [1.82, 2.24) is 4.98 Å². The summed E-state index contributed by atoms with van der Waals surface area (Å²) in [5.74, 6) is -0.264. The van der Waals surface area contributed by atoms with Crippen LogP contribution >= 0.6 is 0 Å². The number of anilines is 2. The number of rotatable bonds is 4. The predicted molar refractivity (Wildman–Crippen MR) is 63.5 cm³/mol. The zero-order valence-electron chi connectivity index (χ0n) is 9.56. The van der Waals surface area contributed by atoms with Gasteiger partial charge in [-0.15, -0.1) is 0 Å². The summed E-state index contributed by atoms with van der Waals surface area (Å²) < 4.78 is 18.2. The molecule has 0 bridgehead atoms. The van der Waals surface area contributed by atoms with Crippen LogP contribution in [-0.2, 0) is 6.54 Å². The summed E-state index contributed by atoms with van der Waals surface area (Å²) in [7, 11) is 0. The van der Waals surface area contributed by atoms with Crippen molar-refractivity contribution >= 4 is 11.7 Å². The lowest BCUT2D eigenvalue weighted by Gasteiger charge is -2.18. The standard InChI is InChI=1S/C12H14FN3O/c1-2-16(11-5-3-9(13)4-6-11)12-15-10(7-14)8-17-12/h3-6,8H,2,7,14H2,1H3. The highest BCUT2D eigenvalue weighted by Gasteiger charge is 2.13. The van der Waals surface area contributed by atoms with Crippen LogP contribution in [0.1, 0.15) is 12.6 Å². The van der Waals surface area contributed by atoms with Gasteiger partial charge in [0.15, 0.2) is 0 Å². The molecule has 1 aromatic carbocycles. The molecule has 2 rings (SSSR count). The molecule has 4 nitrogen and oxygen atoms in total. The molecule has 1 aromatic heterocycles. The van der Waals surface area contributed by atoms with Crippen LogP contribution in [0.2, 0.25) is 0 Å². The Balaban J connectivity index is 2.29. The highest BCUT2D eigenvalue weighted by atomic mass is 19.1. The first-order chi connectivity index (χ1) is 8.24. The molecule has 0 aliphatic carbocycles. The Labute approximate surface area is 98.9 Å². The number of hydrogen-bond donors (Lipinski definition) is 1. The molecule has 90 valence electrons. The summed E-state index contributed by atoms with van der Waals surface area (Å²) in [6, 6.07) is 6.66. The van der Waals surface area contributed by atoms with Crippen molar-refractivity contribution in [1.29, 1.82) is 0 Å². The van der Waals surface area contributed by atoms with E-state index in [9.17, 15) is 4.39 Å². The maximum absolute atomic E-state index is 12.8. The van der Waals surface area contributed by atoms with Gasteiger partial charge in [0.25, 0.3) is 0 Å². The van der Waals surface area contributed by atoms with Gasteiger partial charge in [-0.1, -0.05) is 0 Å². The maximum atomic E-state index is 12.8. The molecule has 0 aliphatic rings. The summed E-state index contributed by atoms with van der Waals surface area (Å²) in [4.78, 5) is 6.09. The van der Waals surface area contributed by atoms with Crippen LogP contribution in [0, 0.1) is 5.82 Å². The average molecular weight is 235 g/mol. The number of halogens is 1. The van der Waals surface area contributed by atoms with Crippen LogP contribution < -0.4 is 10.6 Å². The number of benzene rings is 1. The number of nitrogens with zero attached hydrogens (tertiary/aromatic N) is 2. The molecule has 0 unspecified atom stereocenters. The molecule has 0 aliphatic heterocycles. The molecule has 2 aromatic rings. The number of nitrogens with two attached hydrogens (primary N) is 1. The third kappa shape index (κ3) is 2.45. The van der Waals surface area contributed by atoms with E-state index in [2.05, 4.69) is 4.98 Å². The van der Waals surface area contributed by atoms with Crippen LogP contribution in [0.25, 0.3) is 0 Å². The molecule has 0 radical (unpaired) electrons. The molecular formula is C12H14FN3O. The summed E-state index contributed by atoms with van der Waals surface area (Å²) >= 11 is 0. The minimum atomic E-state index is -0.264. The molecule has 0 amide bonds. The molecule has 0 spiro atoms.